The molecule has 0 amide bonds. The fraction of sp³-hybridized carbons (Fsp3) is 0.643. The van der Waals surface area contributed by atoms with E-state index in [1.54, 1.807) is 0 Å². The van der Waals surface area contributed by atoms with Gasteiger partial charge >= 0.3 is 0 Å². The van der Waals surface area contributed by atoms with Crippen LogP contribution in [-0.4, -0.2) is 55.3 Å². The van der Waals surface area contributed by atoms with Crippen LogP contribution < -0.4 is 0 Å². The minimum atomic E-state index is -3.46. The van der Waals surface area contributed by atoms with Crippen LogP contribution in [0.3, 0.4) is 0 Å². The van der Waals surface area contributed by atoms with Crippen molar-refractivity contribution in [3.63, 3.8) is 0 Å². The van der Waals surface area contributed by atoms with E-state index in [9.17, 15) is 8.42 Å². The van der Waals surface area contributed by atoms with Crippen molar-refractivity contribution in [3.8, 4) is 0 Å². The Labute approximate surface area is 132 Å². The first-order valence-corrected chi connectivity index (χ1v) is 8.84. The zero-order chi connectivity index (χ0) is 15.7. The molecule has 0 bridgehead atoms. The molecule has 0 spiro atoms. The Morgan fingerprint density at radius 1 is 1.19 bits per heavy atom. The Morgan fingerprint density at radius 3 is 2.29 bits per heavy atom. The topological polar surface area (TPSA) is 53.5 Å². The van der Waals surface area contributed by atoms with Crippen LogP contribution in [0.1, 0.15) is 20.8 Å². The summed E-state index contributed by atoms with van der Waals surface area (Å²) in [5, 5.41) is 0.295. The van der Waals surface area contributed by atoms with Gasteiger partial charge in [-0.25, -0.2) is 13.4 Å². The Bertz CT molecular complexity index is 573. The second-order valence-electron chi connectivity index (χ2n) is 6.56. The summed E-state index contributed by atoms with van der Waals surface area (Å²) >= 11 is 5.70. The second-order valence-corrected chi connectivity index (χ2v) is 8.88. The van der Waals surface area contributed by atoms with Gasteiger partial charge in [0, 0.05) is 38.9 Å². The number of hydrogen-bond acceptors (Lipinski definition) is 4. The monoisotopic (exact) mass is 331 g/mol. The van der Waals surface area contributed by atoms with Crippen LogP contribution in [0, 0.1) is 5.41 Å². The van der Waals surface area contributed by atoms with E-state index in [0.29, 0.717) is 18.2 Å². The molecule has 0 aromatic carbocycles. The quantitative estimate of drug-likeness (QED) is 0.796. The molecule has 7 heteroatoms. The van der Waals surface area contributed by atoms with Crippen LogP contribution in [0.4, 0.5) is 0 Å². The van der Waals surface area contributed by atoms with Crippen LogP contribution in [0.5, 0.6) is 0 Å². The molecule has 1 aromatic heterocycles. The SMILES string of the molecule is CC(C)(C)CN1CCN(S(=O)(=O)c2ccc(Cl)nc2)CC1. The van der Waals surface area contributed by atoms with Crippen LogP contribution in [0.2, 0.25) is 5.15 Å². The number of pyridine rings is 1. The first-order chi connectivity index (χ1) is 9.68. The highest BCUT2D eigenvalue weighted by Crippen LogP contribution is 2.20. The van der Waals surface area contributed by atoms with Gasteiger partial charge in [0.15, 0.2) is 0 Å². The maximum absolute atomic E-state index is 12.5. The molecular weight excluding hydrogens is 310 g/mol. The summed E-state index contributed by atoms with van der Waals surface area (Å²) < 4.78 is 26.6. The van der Waals surface area contributed by atoms with Crippen molar-refractivity contribution in [1.29, 1.82) is 0 Å². The Hall–Kier alpha value is -0.690. The molecule has 0 aliphatic carbocycles. The summed E-state index contributed by atoms with van der Waals surface area (Å²) in [5.41, 5.74) is 0.223. The molecule has 1 aromatic rings. The average Bonchev–Trinajstić information content (AvgIpc) is 2.38. The lowest BCUT2D eigenvalue weighted by Crippen LogP contribution is -2.50. The molecule has 0 atom stereocenters. The largest absolute Gasteiger partial charge is 0.300 e. The van der Waals surface area contributed by atoms with Gasteiger partial charge < -0.3 is 4.90 Å². The van der Waals surface area contributed by atoms with E-state index >= 15 is 0 Å². The second kappa shape index (κ2) is 6.20. The summed E-state index contributed by atoms with van der Waals surface area (Å²) in [5.74, 6) is 0. The minimum Gasteiger partial charge on any atom is -0.300 e. The van der Waals surface area contributed by atoms with E-state index < -0.39 is 10.0 Å². The van der Waals surface area contributed by atoms with E-state index in [4.69, 9.17) is 11.6 Å². The molecule has 2 rings (SSSR count). The molecule has 21 heavy (non-hydrogen) atoms. The number of hydrogen-bond donors (Lipinski definition) is 0. The average molecular weight is 332 g/mol. The third-order valence-corrected chi connectivity index (χ3v) is 5.47. The van der Waals surface area contributed by atoms with E-state index in [2.05, 4.69) is 30.7 Å². The number of aromatic nitrogens is 1. The van der Waals surface area contributed by atoms with Crippen molar-refractivity contribution < 1.29 is 8.42 Å². The number of sulfonamides is 1. The predicted molar refractivity (Wildman–Crippen MR) is 83.9 cm³/mol. The molecule has 5 nitrogen and oxygen atoms in total. The molecule has 1 aliphatic heterocycles. The van der Waals surface area contributed by atoms with Crippen molar-refractivity contribution >= 4 is 21.6 Å². The fourth-order valence-corrected chi connectivity index (χ4v) is 3.94. The summed E-state index contributed by atoms with van der Waals surface area (Å²) in [4.78, 5) is 6.37. The van der Waals surface area contributed by atoms with Gasteiger partial charge in [-0.05, 0) is 17.5 Å². The summed E-state index contributed by atoms with van der Waals surface area (Å²) in [7, 11) is -3.46. The van der Waals surface area contributed by atoms with Crippen molar-refractivity contribution in [1.82, 2.24) is 14.2 Å². The van der Waals surface area contributed by atoms with Crippen molar-refractivity contribution in [2.45, 2.75) is 25.7 Å². The molecule has 1 aliphatic rings. The number of halogens is 1. The zero-order valence-electron chi connectivity index (χ0n) is 12.7. The number of nitrogens with zero attached hydrogens (tertiary/aromatic N) is 3. The van der Waals surface area contributed by atoms with Crippen molar-refractivity contribution in [3.05, 3.63) is 23.5 Å². The van der Waals surface area contributed by atoms with Crippen LogP contribution in [0.25, 0.3) is 0 Å². The van der Waals surface area contributed by atoms with Gasteiger partial charge in [0.2, 0.25) is 10.0 Å². The lowest BCUT2D eigenvalue weighted by atomic mass is 9.96. The summed E-state index contributed by atoms with van der Waals surface area (Å²) in [6.45, 7) is 10.1. The Kier molecular flexibility index (Phi) is 4.92. The standard InChI is InChI=1S/C14H22ClN3O2S/c1-14(2,3)11-17-6-8-18(9-7-17)21(19,20)12-4-5-13(15)16-10-12/h4-5,10H,6-9,11H2,1-3H3. The van der Waals surface area contributed by atoms with Crippen LogP contribution >= 0.6 is 11.6 Å². The molecule has 0 radical (unpaired) electrons. The van der Waals surface area contributed by atoms with Gasteiger partial charge in [-0.3, -0.25) is 0 Å². The lowest BCUT2D eigenvalue weighted by Gasteiger charge is -2.37. The molecule has 1 fully saturated rings. The van der Waals surface area contributed by atoms with Gasteiger partial charge in [-0.1, -0.05) is 32.4 Å². The van der Waals surface area contributed by atoms with Crippen molar-refractivity contribution in [2.75, 3.05) is 32.7 Å². The molecule has 0 N–H and O–H groups in total. The Morgan fingerprint density at radius 2 is 1.81 bits per heavy atom. The van der Waals surface area contributed by atoms with E-state index in [1.807, 2.05) is 0 Å². The van der Waals surface area contributed by atoms with Gasteiger partial charge in [-0.15, -0.1) is 0 Å². The molecule has 1 saturated heterocycles. The van der Waals surface area contributed by atoms with Gasteiger partial charge in [0.25, 0.3) is 0 Å². The summed E-state index contributed by atoms with van der Waals surface area (Å²) in [6.07, 6.45) is 1.32. The van der Waals surface area contributed by atoms with E-state index in [-0.39, 0.29) is 10.3 Å². The third kappa shape index (κ3) is 4.39. The first-order valence-electron chi connectivity index (χ1n) is 7.02. The molecule has 2 heterocycles. The fourth-order valence-electron chi connectivity index (χ4n) is 2.46. The molecule has 0 saturated carbocycles. The normalized spacial score (nSPS) is 18.9. The van der Waals surface area contributed by atoms with Crippen molar-refractivity contribution in [2.24, 2.45) is 5.41 Å². The van der Waals surface area contributed by atoms with E-state index in [0.717, 1.165) is 19.6 Å². The van der Waals surface area contributed by atoms with Crippen LogP contribution in [-0.2, 0) is 10.0 Å². The predicted octanol–water partition coefficient (Wildman–Crippen LogP) is 2.09. The maximum atomic E-state index is 12.5. The molecule has 118 valence electrons. The zero-order valence-corrected chi connectivity index (χ0v) is 14.3. The number of piperazine rings is 1. The van der Waals surface area contributed by atoms with Crippen LogP contribution in [0.15, 0.2) is 23.2 Å². The first kappa shape index (κ1) is 16.7. The highest BCUT2D eigenvalue weighted by atomic mass is 35.5. The minimum absolute atomic E-state index is 0.205. The molecule has 0 unspecified atom stereocenters. The highest BCUT2D eigenvalue weighted by Gasteiger charge is 2.29. The van der Waals surface area contributed by atoms with Gasteiger partial charge in [0.05, 0.1) is 0 Å². The number of rotatable bonds is 3. The summed E-state index contributed by atoms with van der Waals surface area (Å²) in [6, 6.07) is 3.01. The smallest absolute Gasteiger partial charge is 0.244 e. The van der Waals surface area contributed by atoms with Gasteiger partial charge in [0.1, 0.15) is 10.0 Å². The third-order valence-electron chi connectivity index (χ3n) is 3.37. The molecular formula is C14H22ClN3O2S. The lowest BCUT2D eigenvalue weighted by molar-refractivity contribution is 0.141. The Balaban J connectivity index is 2.03. The maximum Gasteiger partial charge on any atom is 0.244 e. The van der Waals surface area contributed by atoms with E-state index in [1.165, 1.54) is 22.6 Å². The van der Waals surface area contributed by atoms with Gasteiger partial charge in [-0.2, -0.15) is 4.31 Å². The highest BCUT2D eigenvalue weighted by molar-refractivity contribution is 7.89.